The Morgan fingerprint density at radius 3 is 1.82 bits per heavy atom. The molecule has 0 aliphatic heterocycles. The minimum Gasteiger partial charge on any atom is -0.489 e. The first-order valence-corrected chi connectivity index (χ1v) is 7.97. The topological polar surface area (TPSA) is 18.5 Å². The lowest BCUT2D eigenvalue weighted by Gasteiger charge is -2.10. The maximum atomic E-state index is 5.83. The van der Waals surface area contributed by atoms with Crippen LogP contribution in [0.2, 0.25) is 0 Å². The van der Waals surface area contributed by atoms with Gasteiger partial charge in [-0.25, -0.2) is 0 Å². The number of benzene rings is 2. The fraction of sp³-hybridized carbons (Fsp3) is 0.400. The Hall–Kier alpha value is -1.80. The first-order valence-electron chi connectivity index (χ1n) is 7.97. The lowest BCUT2D eigenvalue weighted by Crippen LogP contribution is -2.02. The summed E-state index contributed by atoms with van der Waals surface area (Å²) in [6, 6.07) is 16.7. The molecule has 0 aliphatic carbocycles. The fourth-order valence-electron chi connectivity index (χ4n) is 2.11. The highest BCUT2D eigenvalue weighted by Crippen LogP contribution is 2.17. The number of hydrogen-bond donors (Lipinski definition) is 0. The van der Waals surface area contributed by atoms with E-state index in [9.17, 15) is 0 Å². The van der Waals surface area contributed by atoms with E-state index in [2.05, 4.69) is 50.2 Å². The Labute approximate surface area is 134 Å². The van der Waals surface area contributed by atoms with Crippen LogP contribution < -0.4 is 4.74 Å². The third-order valence-electron chi connectivity index (χ3n) is 3.56. The molecule has 0 fully saturated rings. The van der Waals surface area contributed by atoms with Gasteiger partial charge in [0, 0.05) is 0 Å². The van der Waals surface area contributed by atoms with Crippen molar-refractivity contribution < 1.29 is 9.47 Å². The number of hydrogen-bond acceptors (Lipinski definition) is 2. The molecule has 0 aromatic heterocycles. The zero-order valence-electron chi connectivity index (χ0n) is 14.0. The van der Waals surface area contributed by atoms with Crippen molar-refractivity contribution >= 4 is 0 Å². The highest BCUT2D eigenvalue weighted by molar-refractivity contribution is 5.28. The van der Waals surface area contributed by atoms with Crippen LogP contribution in [0.25, 0.3) is 0 Å². The van der Waals surface area contributed by atoms with Crippen molar-refractivity contribution in [1.29, 1.82) is 0 Å². The molecule has 2 aromatic carbocycles. The molecule has 0 N–H and O–H groups in total. The molecule has 0 radical (unpaired) electrons. The average Bonchev–Trinajstić information content (AvgIpc) is 2.52. The van der Waals surface area contributed by atoms with E-state index in [-0.39, 0.29) is 6.10 Å². The van der Waals surface area contributed by atoms with Gasteiger partial charge in [0.25, 0.3) is 0 Å². The Balaban J connectivity index is 1.86. The van der Waals surface area contributed by atoms with Gasteiger partial charge >= 0.3 is 0 Å². The maximum Gasteiger partial charge on any atom is 0.119 e. The van der Waals surface area contributed by atoms with Gasteiger partial charge in [-0.1, -0.05) is 50.2 Å². The third-order valence-corrected chi connectivity index (χ3v) is 3.56. The highest BCUT2D eigenvalue weighted by Gasteiger charge is 2.01. The Bertz CT molecular complexity index is 553. The first-order chi connectivity index (χ1) is 10.5. The Morgan fingerprint density at radius 1 is 0.727 bits per heavy atom. The summed E-state index contributed by atoms with van der Waals surface area (Å²) in [5, 5.41) is 0. The van der Waals surface area contributed by atoms with Gasteiger partial charge < -0.3 is 9.47 Å². The Morgan fingerprint density at radius 2 is 1.27 bits per heavy atom. The van der Waals surface area contributed by atoms with E-state index in [1.165, 1.54) is 16.7 Å². The molecule has 22 heavy (non-hydrogen) atoms. The normalized spacial score (nSPS) is 11.2. The minimum absolute atomic E-state index is 0.254. The largest absolute Gasteiger partial charge is 0.489 e. The molecule has 0 atom stereocenters. The molecular formula is C20H26O2. The van der Waals surface area contributed by atoms with Gasteiger partial charge in [0.15, 0.2) is 0 Å². The molecule has 0 saturated carbocycles. The van der Waals surface area contributed by atoms with E-state index in [4.69, 9.17) is 9.47 Å². The highest BCUT2D eigenvalue weighted by atomic mass is 16.5. The first kappa shape index (κ1) is 16.6. The summed E-state index contributed by atoms with van der Waals surface area (Å²) in [7, 11) is 0. The van der Waals surface area contributed by atoms with Crippen LogP contribution in [0.3, 0.4) is 0 Å². The van der Waals surface area contributed by atoms with Crippen molar-refractivity contribution in [3.63, 3.8) is 0 Å². The summed E-state index contributed by atoms with van der Waals surface area (Å²) < 4.78 is 11.4. The SMILES string of the molecule is CC(C)OCc1ccc(OCc2ccc(C(C)C)cc2)cc1. The lowest BCUT2D eigenvalue weighted by atomic mass is 10.0. The third kappa shape index (κ3) is 5.19. The predicted octanol–water partition coefficient (Wildman–Crippen LogP) is 5.31. The Kier molecular flexibility index (Phi) is 6.02. The lowest BCUT2D eigenvalue weighted by molar-refractivity contribution is 0.0657. The van der Waals surface area contributed by atoms with Crippen molar-refractivity contribution in [3.8, 4) is 5.75 Å². The molecule has 0 aliphatic rings. The fourth-order valence-corrected chi connectivity index (χ4v) is 2.11. The summed E-state index contributed by atoms with van der Waals surface area (Å²) in [6.45, 7) is 9.74. The minimum atomic E-state index is 0.254. The second-order valence-electron chi connectivity index (χ2n) is 6.19. The molecule has 0 spiro atoms. The standard InChI is InChI=1S/C20H26O2/c1-15(2)19-9-5-17(6-10-19)14-22-20-11-7-18(8-12-20)13-21-16(3)4/h5-12,15-16H,13-14H2,1-4H3. The summed E-state index contributed by atoms with van der Waals surface area (Å²) in [5.41, 5.74) is 3.72. The van der Waals surface area contributed by atoms with Crippen LogP contribution in [-0.2, 0) is 18.0 Å². The van der Waals surface area contributed by atoms with Crippen molar-refractivity contribution in [3.05, 3.63) is 65.2 Å². The van der Waals surface area contributed by atoms with Crippen molar-refractivity contribution in [2.24, 2.45) is 0 Å². The molecule has 2 heteroatoms. The van der Waals surface area contributed by atoms with Crippen molar-refractivity contribution in [2.75, 3.05) is 0 Å². The second-order valence-corrected chi connectivity index (χ2v) is 6.19. The van der Waals surface area contributed by atoms with Crippen LogP contribution in [0, 0.1) is 0 Å². The summed E-state index contributed by atoms with van der Waals surface area (Å²) in [4.78, 5) is 0. The average molecular weight is 298 g/mol. The predicted molar refractivity (Wildman–Crippen MR) is 91.2 cm³/mol. The summed E-state index contributed by atoms with van der Waals surface area (Å²) >= 11 is 0. The van der Waals surface area contributed by atoms with E-state index in [1.54, 1.807) is 0 Å². The zero-order valence-corrected chi connectivity index (χ0v) is 14.0. The molecule has 2 rings (SSSR count). The van der Waals surface area contributed by atoms with Crippen LogP contribution in [0.4, 0.5) is 0 Å². The van der Waals surface area contributed by atoms with Gasteiger partial charge in [-0.2, -0.15) is 0 Å². The van der Waals surface area contributed by atoms with Crippen LogP contribution in [-0.4, -0.2) is 6.10 Å². The molecule has 0 saturated heterocycles. The van der Waals surface area contributed by atoms with Gasteiger partial charge in [0.1, 0.15) is 12.4 Å². The van der Waals surface area contributed by atoms with Crippen LogP contribution >= 0.6 is 0 Å². The number of rotatable bonds is 7. The maximum absolute atomic E-state index is 5.83. The van der Waals surface area contributed by atoms with Crippen LogP contribution in [0.1, 0.15) is 50.3 Å². The summed E-state index contributed by atoms with van der Waals surface area (Å²) in [6.07, 6.45) is 0.254. The van der Waals surface area contributed by atoms with Gasteiger partial charge in [-0.05, 0) is 48.6 Å². The van der Waals surface area contributed by atoms with Gasteiger partial charge in [-0.3, -0.25) is 0 Å². The molecule has 0 bridgehead atoms. The molecule has 118 valence electrons. The molecule has 2 aromatic rings. The molecule has 2 nitrogen and oxygen atoms in total. The zero-order chi connectivity index (χ0) is 15.9. The quantitative estimate of drug-likeness (QED) is 0.689. The second kappa shape index (κ2) is 8.00. The smallest absolute Gasteiger partial charge is 0.119 e. The number of ether oxygens (including phenoxy) is 2. The molecular weight excluding hydrogens is 272 g/mol. The van der Waals surface area contributed by atoms with Crippen LogP contribution in [0.5, 0.6) is 5.75 Å². The van der Waals surface area contributed by atoms with Crippen LogP contribution in [0.15, 0.2) is 48.5 Å². The van der Waals surface area contributed by atoms with Crippen molar-refractivity contribution in [2.45, 2.75) is 52.9 Å². The van der Waals surface area contributed by atoms with E-state index in [1.807, 2.05) is 26.0 Å². The monoisotopic (exact) mass is 298 g/mol. The summed E-state index contributed by atoms with van der Waals surface area (Å²) in [5.74, 6) is 1.46. The van der Waals surface area contributed by atoms with E-state index < -0.39 is 0 Å². The molecule has 0 unspecified atom stereocenters. The van der Waals surface area contributed by atoms with E-state index >= 15 is 0 Å². The molecule has 0 heterocycles. The van der Waals surface area contributed by atoms with Gasteiger partial charge in [0.05, 0.1) is 12.7 Å². The molecule has 0 amide bonds. The van der Waals surface area contributed by atoms with Crippen molar-refractivity contribution in [1.82, 2.24) is 0 Å². The van der Waals surface area contributed by atoms with Gasteiger partial charge in [-0.15, -0.1) is 0 Å². The van der Waals surface area contributed by atoms with E-state index in [0.29, 0.717) is 19.1 Å². The van der Waals surface area contributed by atoms with Gasteiger partial charge in [0.2, 0.25) is 0 Å². The van der Waals surface area contributed by atoms with E-state index in [0.717, 1.165) is 5.75 Å².